The van der Waals surface area contributed by atoms with Gasteiger partial charge in [0.1, 0.15) is 5.78 Å². The number of benzene rings is 1. The molecule has 84 valence electrons. The number of hydrogen-bond acceptors (Lipinski definition) is 1. The minimum absolute atomic E-state index is 0.194. The first kappa shape index (κ1) is 11.1. The lowest BCUT2D eigenvalue weighted by molar-refractivity contribution is -0.127. The molecule has 0 aromatic heterocycles. The van der Waals surface area contributed by atoms with Crippen LogP contribution in [0.15, 0.2) is 42.5 Å². The Morgan fingerprint density at radius 3 is 2.38 bits per heavy atom. The molecule has 1 saturated carbocycles. The highest BCUT2D eigenvalue weighted by atomic mass is 16.1. The zero-order valence-corrected chi connectivity index (χ0v) is 9.83. The summed E-state index contributed by atoms with van der Waals surface area (Å²) >= 11 is 0. The maximum absolute atomic E-state index is 12.3. The summed E-state index contributed by atoms with van der Waals surface area (Å²) in [6.45, 7) is 5.77. The van der Waals surface area contributed by atoms with Gasteiger partial charge in [-0.2, -0.15) is 0 Å². The van der Waals surface area contributed by atoms with Crippen molar-refractivity contribution in [1.29, 1.82) is 0 Å². The summed E-state index contributed by atoms with van der Waals surface area (Å²) in [5.41, 5.74) is 1.96. The van der Waals surface area contributed by atoms with Gasteiger partial charge in [-0.1, -0.05) is 48.9 Å². The SMILES string of the molecule is C=C(C)CC(=O)C1(c2ccccc2)CCC1. The zero-order chi connectivity index (χ0) is 11.6. The quantitative estimate of drug-likeness (QED) is 0.699. The van der Waals surface area contributed by atoms with Gasteiger partial charge in [0.25, 0.3) is 0 Å². The molecule has 16 heavy (non-hydrogen) atoms. The lowest BCUT2D eigenvalue weighted by atomic mass is 9.61. The monoisotopic (exact) mass is 214 g/mol. The third-order valence-corrected chi connectivity index (χ3v) is 3.53. The molecule has 1 aromatic carbocycles. The minimum Gasteiger partial charge on any atom is -0.298 e. The Morgan fingerprint density at radius 2 is 1.94 bits per heavy atom. The topological polar surface area (TPSA) is 17.1 Å². The van der Waals surface area contributed by atoms with Gasteiger partial charge in [-0.15, -0.1) is 0 Å². The summed E-state index contributed by atoms with van der Waals surface area (Å²) in [5, 5.41) is 0. The van der Waals surface area contributed by atoms with Crippen LogP contribution in [0.3, 0.4) is 0 Å². The van der Waals surface area contributed by atoms with Crippen LogP contribution in [0.4, 0.5) is 0 Å². The van der Waals surface area contributed by atoms with Gasteiger partial charge in [-0.25, -0.2) is 0 Å². The van der Waals surface area contributed by atoms with E-state index in [9.17, 15) is 4.79 Å². The van der Waals surface area contributed by atoms with Crippen molar-refractivity contribution in [3.8, 4) is 0 Å². The fraction of sp³-hybridized carbons (Fsp3) is 0.400. The third-order valence-electron chi connectivity index (χ3n) is 3.53. The van der Waals surface area contributed by atoms with Gasteiger partial charge in [-0.05, 0) is 25.3 Å². The number of carbonyl (C=O) groups is 1. The van der Waals surface area contributed by atoms with Gasteiger partial charge >= 0.3 is 0 Å². The first-order valence-corrected chi connectivity index (χ1v) is 5.88. The highest BCUT2D eigenvalue weighted by Gasteiger charge is 2.44. The molecule has 0 atom stereocenters. The normalized spacial score (nSPS) is 17.6. The number of ketones is 1. The second-order valence-corrected chi connectivity index (χ2v) is 4.86. The van der Waals surface area contributed by atoms with E-state index in [1.807, 2.05) is 25.1 Å². The third kappa shape index (κ3) is 1.82. The Kier molecular flexibility index (Phi) is 2.95. The van der Waals surface area contributed by atoms with Crippen molar-refractivity contribution in [2.24, 2.45) is 0 Å². The van der Waals surface area contributed by atoms with E-state index in [-0.39, 0.29) is 5.41 Å². The van der Waals surface area contributed by atoms with Crippen LogP contribution in [0.1, 0.15) is 38.2 Å². The lowest BCUT2D eigenvalue weighted by Crippen LogP contribution is -2.42. The molecule has 0 bridgehead atoms. The Bertz CT molecular complexity index is 399. The highest BCUT2D eigenvalue weighted by molar-refractivity contribution is 5.92. The van der Waals surface area contributed by atoms with Gasteiger partial charge < -0.3 is 0 Å². The van der Waals surface area contributed by atoms with E-state index >= 15 is 0 Å². The summed E-state index contributed by atoms with van der Waals surface area (Å²) in [5.74, 6) is 0.345. The summed E-state index contributed by atoms with van der Waals surface area (Å²) in [6, 6.07) is 10.2. The first-order chi connectivity index (χ1) is 7.65. The van der Waals surface area contributed by atoms with E-state index in [0.29, 0.717) is 12.2 Å². The second-order valence-electron chi connectivity index (χ2n) is 4.86. The van der Waals surface area contributed by atoms with Crippen LogP contribution >= 0.6 is 0 Å². The Hall–Kier alpha value is -1.37. The number of Topliss-reactive ketones (excluding diaryl/α,β-unsaturated/α-hetero) is 1. The van der Waals surface area contributed by atoms with Crippen LogP contribution in [0.5, 0.6) is 0 Å². The molecule has 0 saturated heterocycles. The molecule has 0 amide bonds. The second kappa shape index (κ2) is 4.25. The van der Waals surface area contributed by atoms with Gasteiger partial charge in [0, 0.05) is 6.42 Å². The number of hydrogen-bond donors (Lipinski definition) is 0. The van der Waals surface area contributed by atoms with E-state index < -0.39 is 0 Å². The predicted octanol–water partition coefficient (Wildman–Crippen LogP) is 3.64. The van der Waals surface area contributed by atoms with Gasteiger partial charge in [0.05, 0.1) is 5.41 Å². The molecule has 1 heteroatoms. The molecule has 1 nitrogen and oxygen atoms in total. The molecule has 2 rings (SSSR count). The molecule has 0 heterocycles. The molecular formula is C15H18O. The Balaban J connectivity index is 2.26. The van der Waals surface area contributed by atoms with Crippen molar-refractivity contribution in [3.05, 3.63) is 48.0 Å². The maximum atomic E-state index is 12.3. The van der Waals surface area contributed by atoms with Crippen molar-refractivity contribution < 1.29 is 4.79 Å². The van der Waals surface area contributed by atoms with Gasteiger partial charge in [-0.3, -0.25) is 4.79 Å². The maximum Gasteiger partial charge on any atom is 0.147 e. The van der Waals surface area contributed by atoms with Gasteiger partial charge in [0.2, 0.25) is 0 Å². The number of rotatable bonds is 4. The van der Waals surface area contributed by atoms with Crippen molar-refractivity contribution in [1.82, 2.24) is 0 Å². The molecule has 0 N–H and O–H groups in total. The molecule has 1 fully saturated rings. The predicted molar refractivity (Wildman–Crippen MR) is 66.4 cm³/mol. The van der Waals surface area contributed by atoms with Crippen molar-refractivity contribution in [2.75, 3.05) is 0 Å². The Labute approximate surface area is 97.2 Å². The zero-order valence-electron chi connectivity index (χ0n) is 9.83. The van der Waals surface area contributed by atoms with Crippen LogP contribution < -0.4 is 0 Å². The average Bonchev–Trinajstić information content (AvgIpc) is 2.16. The van der Waals surface area contributed by atoms with Crippen LogP contribution in [0, 0.1) is 0 Å². The molecule has 0 spiro atoms. The van der Waals surface area contributed by atoms with Crippen LogP contribution in [-0.2, 0) is 10.2 Å². The van der Waals surface area contributed by atoms with Crippen molar-refractivity contribution in [3.63, 3.8) is 0 Å². The fourth-order valence-corrected chi connectivity index (χ4v) is 2.46. The summed E-state index contributed by atoms with van der Waals surface area (Å²) < 4.78 is 0. The van der Waals surface area contributed by atoms with Crippen LogP contribution in [0.2, 0.25) is 0 Å². The molecule has 1 aliphatic carbocycles. The average molecular weight is 214 g/mol. The van der Waals surface area contributed by atoms with E-state index in [2.05, 4.69) is 18.7 Å². The number of carbonyl (C=O) groups excluding carboxylic acids is 1. The minimum atomic E-state index is -0.194. The lowest BCUT2D eigenvalue weighted by Gasteiger charge is -2.41. The molecule has 1 aromatic rings. The molecule has 0 aliphatic heterocycles. The summed E-state index contributed by atoms with van der Waals surface area (Å²) in [4.78, 5) is 12.3. The van der Waals surface area contributed by atoms with Crippen LogP contribution in [-0.4, -0.2) is 5.78 Å². The van der Waals surface area contributed by atoms with Crippen LogP contribution in [0.25, 0.3) is 0 Å². The van der Waals surface area contributed by atoms with Crippen molar-refractivity contribution in [2.45, 2.75) is 38.0 Å². The van der Waals surface area contributed by atoms with E-state index in [1.54, 1.807) is 0 Å². The molecular weight excluding hydrogens is 196 g/mol. The summed E-state index contributed by atoms with van der Waals surface area (Å²) in [6.07, 6.45) is 3.69. The van der Waals surface area contributed by atoms with Gasteiger partial charge in [0.15, 0.2) is 0 Å². The molecule has 0 unspecified atom stereocenters. The van der Waals surface area contributed by atoms with E-state index in [0.717, 1.165) is 24.8 Å². The smallest absolute Gasteiger partial charge is 0.147 e. The first-order valence-electron chi connectivity index (χ1n) is 5.88. The number of allylic oxidation sites excluding steroid dienone is 1. The summed E-state index contributed by atoms with van der Waals surface area (Å²) in [7, 11) is 0. The Morgan fingerprint density at radius 1 is 1.31 bits per heavy atom. The van der Waals surface area contributed by atoms with E-state index in [1.165, 1.54) is 5.56 Å². The largest absolute Gasteiger partial charge is 0.298 e. The highest BCUT2D eigenvalue weighted by Crippen LogP contribution is 2.45. The van der Waals surface area contributed by atoms with Crippen molar-refractivity contribution >= 4 is 5.78 Å². The molecule has 1 aliphatic rings. The van der Waals surface area contributed by atoms with E-state index in [4.69, 9.17) is 0 Å². The fourth-order valence-electron chi connectivity index (χ4n) is 2.46. The standard InChI is InChI=1S/C15H18O/c1-12(2)11-14(16)15(9-6-10-15)13-7-4-3-5-8-13/h3-5,7-8H,1,6,9-11H2,2H3. The molecule has 0 radical (unpaired) electrons.